The second-order valence-corrected chi connectivity index (χ2v) is 5.34. The minimum atomic E-state index is 1.49. The highest BCUT2D eigenvalue weighted by atomic mass is 32.1. The molecule has 0 N–H and O–H groups in total. The van der Waals surface area contributed by atoms with Gasteiger partial charge in [0, 0.05) is 24.0 Å². The van der Waals surface area contributed by atoms with Crippen molar-refractivity contribution in [1.29, 1.82) is 0 Å². The predicted octanol–water partition coefficient (Wildman–Crippen LogP) is 4.51. The van der Waals surface area contributed by atoms with Gasteiger partial charge >= 0.3 is 0 Å². The summed E-state index contributed by atoms with van der Waals surface area (Å²) < 4.78 is 0. The first-order chi connectivity index (χ1) is 10.5. The highest BCUT2D eigenvalue weighted by Gasteiger charge is 1.61. The van der Waals surface area contributed by atoms with Crippen LogP contribution in [0.1, 0.15) is 0 Å². The van der Waals surface area contributed by atoms with Gasteiger partial charge in [-0.1, -0.05) is 18.2 Å². The summed E-state index contributed by atoms with van der Waals surface area (Å²) >= 11 is 4.81. The van der Waals surface area contributed by atoms with E-state index in [9.17, 15) is 0 Å². The summed E-state index contributed by atoms with van der Waals surface area (Å²) in [6.45, 7) is 0. The Kier molecular flexibility index (Phi) is 11.8. The van der Waals surface area contributed by atoms with Crippen LogP contribution in [0.15, 0.2) is 81.6 Å². The molecule has 0 aliphatic rings. The van der Waals surface area contributed by atoms with Crippen LogP contribution < -0.4 is 0 Å². The number of hydrogen-bond donors (Lipinski definition) is 0. The molecule has 21 heavy (non-hydrogen) atoms. The summed E-state index contributed by atoms with van der Waals surface area (Å²) in [4.78, 5) is 7.53. The van der Waals surface area contributed by atoms with Crippen LogP contribution in [0.3, 0.4) is 0 Å². The van der Waals surface area contributed by atoms with Crippen molar-refractivity contribution in [3.05, 3.63) is 81.6 Å². The summed E-state index contributed by atoms with van der Waals surface area (Å²) in [5.41, 5.74) is 5.15. The Balaban J connectivity index is 0.000000140. The zero-order chi connectivity index (χ0) is 14.8. The molecule has 0 bridgehead atoms. The topological polar surface area (TPSA) is 51.6 Å². The second-order valence-electron chi connectivity index (χ2n) is 3.07. The second kappa shape index (κ2) is 14.4. The quantitative estimate of drug-likeness (QED) is 0.475. The van der Waals surface area contributed by atoms with Crippen molar-refractivity contribution < 1.29 is 0 Å². The monoisotopic (exact) mass is 334 g/mol. The van der Waals surface area contributed by atoms with E-state index in [1.54, 1.807) is 57.8 Å². The van der Waals surface area contributed by atoms with E-state index >= 15 is 0 Å². The van der Waals surface area contributed by atoms with Crippen molar-refractivity contribution in [1.82, 2.24) is 20.2 Å². The molecule has 0 atom stereocenters. The lowest BCUT2D eigenvalue weighted by Crippen LogP contribution is -1.58. The third kappa shape index (κ3) is 12.8. The molecule has 4 heterocycles. The summed E-state index contributed by atoms with van der Waals surface area (Å²) in [7, 11) is 0. The van der Waals surface area contributed by atoms with E-state index in [4.69, 9.17) is 0 Å². The fourth-order valence-corrected chi connectivity index (χ4v) is 1.93. The van der Waals surface area contributed by atoms with Gasteiger partial charge in [-0.05, 0) is 22.9 Å². The molecule has 0 saturated heterocycles. The van der Waals surface area contributed by atoms with E-state index in [0.717, 1.165) is 0 Å². The lowest BCUT2D eigenvalue weighted by molar-refractivity contribution is 1.09. The number of thiophene rings is 1. The van der Waals surface area contributed by atoms with E-state index in [-0.39, 0.29) is 0 Å². The van der Waals surface area contributed by atoms with Crippen LogP contribution in [0.25, 0.3) is 0 Å². The molecule has 0 unspecified atom stereocenters. The number of hydrogen-bond acceptors (Lipinski definition) is 7. The Morgan fingerprint density at radius 1 is 0.476 bits per heavy atom. The summed E-state index contributed by atoms with van der Waals surface area (Å²) in [6, 6.07) is 9.75. The van der Waals surface area contributed by atoms with Crippen molar-refractivity contribution in [2.24, 2.45) is 0 Å². The lowest BCUT2D eigenvalue weighted by Gasteiger charge is -1.70. The Morgan fingerprint density at radius 3 is 1.38 bits per heavy atom. The third-order valence-corrected chi connectivity index (χ3v) is 3.20. The van der Waals surface area contributed by atoms with E-state index in [2.05, 4.69) is 20.2 Å². The van der Waals surface area contributed by atoms with Crippen LogP contribution in [0, 0.1) is 0 Å². The van der Waals surface area contributed by atoms with Gasteiger partial charge in [0.2, 0.25) is 0 Å². The molecular formula is C14H14N4S3. The molecule has 0 aliphatic carbocycles. The fraction of sp³-hybridized carbons (Fsp3) is 0. The smallest absolute Gasteiger partial charge is 0.103 e. The molecule has 0 fully saturated rings. The Hall–Kier alpha value is -1.96. The summed E-state index contributed by atoms with van der Waals surface area (Å²) in [5.74, 6) is 0. The van der Waals surface area contributed by atoms with Gasteiger partial charge in [0.1, 0.15) is 11.0 Å². The molecular weight excluding hydrogens is 320 g/mol. The first-order valence-electron chi connectivity index (χ1n) is 5.83. The predicted molar refractivity (Wildman–Crippen MR) is 90.6 cm³/mol. The van der Waals surface area contributed by atoms with Gasteiger partial charge in [-0.3, -0.25) is 9.97 Å². The van der Waals surface area contributed by atoms with Crippen molar-refractivity contribution >= 4 is 34.0 Å². The maximum atomic E-state index is 3.78. The largest absolute Gasteiger partial charge is 0.265 e. The van der Waals surface area contributed by atoms with Crippen LogP contribution in [-0.4, -0.2) is 20.2 Å². The highest BCUT2D eigenvalue weighted by molar-refractivity contribution is 7.08. The van der Waals surface area contributed by atoms with Gasteiger partial charge < -0.3 is 0 Å². The SMILES string of the molecule is c1ccncc1.c1ccsc1.c1cscn1.c1nncs1. The molecule has 0 aromatic carbocycles. The first-order valence-corrected chi connectivity index (χ1v) is 8.66. The average Bonchev–Trinajstić information content (AvgIpc) is 3.38. The van der Waals surface area contributed by atoms with E-state index in [0.29, 0.717) is 0 Å². The standard InChI is InChI=1S/C5H5N.C4H4S.C3H3NS.C2H2N2S/c1-2-4-6-5-3-1;1-2-4-5-3-1;1-2-5-3-4-1;1-3-4-2-5-1/h1-5H;1-4H;1-3H;1-2H. The minimum absolute atomic E-state index is 1.49. The number of aromatic nitrogens is 4. The van der Waals surface area contributed by atoms with Crippen LogP contribution in [0.4, 0.5) is 0 Å². The van der Waals surface area contributed by atoms with E-state index < -0.39 is 0 Å². The van der Waals surface area contributed by atoms with Crippen molar-refractivity contribution in [2.45, 2.75) is 0 Å². The van der Waals surface area contributed by atoms with Gasteiger partial charge in [0.05, 0.1) is 5.51 Å². The Bertz CT molecular complexity index is 425. The lowest BCUT2D eigenvalue weighted by atomic mass is 10.5. The van der Waals surface area contributed by atoms with E-state index in [1.165, 1.54) is 11.3 Å². The third-order valence-electron chi connectivity index (χ3n) is 1.62. The number of nitrogens with zero attached hydrogens (tertiary/aromatic N) is 4. The molecule has 0 spiro atoms. The van der Waals surface area contributed by atoms with E-state index in [1.807, 2.05) is 46.5 Å². The van der Waals surface area contributed by atoms with Crippen LogP contribution in [0.2, 0.25) is 0 Å². The molecule has 108 valence electrons. The summed E-state index contributed by atoms with van der Waals surface area (Å²) in [6.07, 6.45) is 5.27. The van der Waals surface area contributed by atoms with Gasteiger partial charge in [0.25, 0.3) is 0 Å². The minimum Gasteiger partial charge on any atom is -0.265 e. The number of rotatable bonds is 0. The molecule has 0 saturated carbocycles. The summed E-state index contributed by atoms with van der Waals surface area (Å²) in [5, 5.41) is 13.0. The van der Waals surface area contributed by atoms with Crippen LogP contribution >= 0.6 is 34.0 Å². The molecule has 0 aliphatic heterocycles. The molecule has 0 radical (unpaired) electrons. The normalized spacial score (nSPS) is 8.00. The van der Waals surface area contributed by atoms with Gasteiger partial charge in [-0.15, -0.1) is 32.9 Å². The molecule has 0 amide bonds. The van der Waals surface area contributed by atoms with Crippen LogP contribution in [0.5, 0.6) is 0 Å². The Morgan fingerprint density at radius 2 is 1.19 bits per heavy atom. The maximum absolute atomic E-state index is 3.78. The van der Waals surface area contributed by atoms with Gasteiger partial charge in [0.15, 0.2) is 0 Å². The average molecular weight is 334 g/mol. The Labute approximate surface area is 135 Å². The van der Waals surface area contributed by atoms with Crippen molar-refractivity contribution in [3.63, 3.8) is 0 Å². The van der Waals surface area contributed by atoms with Gasteiger partial charge in [-0.25, -0.2) is 0 Å². The van der Waals surface area contributed by atoms with Gasteiger partial charge in [-0.2, -0.15) is 11.3 Å². The number of pyridine rings is 1. The first kappa shape index (κ1) is 17.1. The highest BCUT2D eigenvalue weighted by Crippen LogP contribution is 1.91. The fourth-order valence-electron chi connectivity index (χ4n) is 0.851. The number of thiazole rings is 1. The molecule has 4 nitrogen and oxygen atoms in total. The maximum Gasteiger partial charge on any atom is 0.103 e. The molecule has 4 rings (SSSR count). The molecule has 4 aromatic rings. The zero-order valence-corrected chi connectivity index (χ0v) is 13.5. The molecule has 4 aromatic heterocycles. The van der Waals surface area contributed by atoms with Crippen molar-refractivity contribution in [2.75, 3.05) is 0 Å². The zero-order valence-electron chi connectivity index (χ0n) is 11.1. The van der Waals surface area contributed by atoms with Crippen LogP contribution in [-0.2, 0) is 0 Å². The molecule has 7 heteroatoms. The van der Waals surface area contributed by atoms with Crippen molar-refractivity contribution in [3.8, 4) is 0 Å².